The van der Waals surface area contributed by atoms with Crippen molar-refractivity contribution in [2.75, 3.05) is 9.80 Å². The maximum Gasteiger partial charge on any atom is 0.135 e. The Bertz CT molecular complexity index is 2320. The van der Waals surface area contributed by atoms with Crippen LogP contribution >= 0.6 is 0 Å². The molecule has 0 atom stereocenters. The second-order valence-electron chi connectivity index (χ2n) is 15.1. The molecular weight excluding hydrogens is 792 g/mol. The molecule has 4 nitrogen and oxygen atoms in total. The molecule has 0 radical (unpaired) electrons. The van der Waals surface area contributed by atoms with Crippen LogP contribution in [0.15, 0.2) is 121 Å². The van der Waals surface area contributed by atoms with Gasteiger partial charge in [-0.05, 0) is 76.2 Å². The average Bonchev–Trinajstić information content (AvgIpc) is 3.64. The van der Waals surface area contributed by atoms with Crippen molar-refractivity contribution >= 4 is 44.6 Å². The van der Waals surface area contributed by atoms with Crippen molar-refractivity contribution in [2.24, 2.45) is 0 Å². The van der Waals surface area contributed by atoms with Crippen LogP contribution < -0.4 is 9.80 Å². The molecule has 254 valence electrons. The third-order valence-corrected chi connectivity index (χ3v) is 9.61. The molecule has 0 saturated carbocycles. The number of anilines is 4. The Morgan fingerprint density at radius 1 is 0.620 bits per heavy atom. The van der Waals surface area contributed by atoms with Gasteiger partial charge in [0.1, 0.15) is 5.82 Å². The van der Waals surface area contributed by atoms with Gasteiger partial charge >= 0.3 is 0 Å². The molecule has 1 aliphatic rings. The van der Waals surface area contributed by atoms with Crippen molar-refractivity contribution in [3.8, 4) is 5.82 Å². The number of aromatic nitrogens is 2. The van der Waals surface area contributed by atoms with Gasteiger partial charge in [0.25, 0.3) is 0 Å². The standard InChI is InChI=1S/C45H41N4.Pt/c1-44(2,3)33-19-21-35(22-20-33)47-30-48(41-17-10-9-16-40(41)47)36-13-11-12-31(27-36)26-32-18-23-38-37-14-7-8-15-39(37)49(42(38)28-32)43-29-34(24-25-46-43)45(4,5)6;/h7-25,29-30H,26H2,1-6H3;/q-3;. The number of hydrogen-bond acceptors (Lipinski definition) is 3. The van der Waals surface area contributed by atoms with Crippen molar-refractivity contribution in [3.63, 3.8) is 0 Å². The van der Waals surface area contributed by atoms with E-state index in [1.54, 1.807) is 0 Å². The number of fused-ring (bicyclic) bond motifs is 4. The number of hydrogen-bond donors (Lipinski definition) is 0. The molecule has 0 fully saturated rings. The van der Waals surface area contributed by atoms with Crippen LogP contribution in [0, 0.1) is 18.8 Å². The summed E-state index contributed by atoms with van der Waals surface area (Å²) in [5.41, 5.74) is 11.6. The molecule has 5 heteroatoms. The number of nitrogens with zero attached hydrogens (tertiary/aromatic N) is 4. The van der Waals surface area contributed by atoms with Gasteiger partial charge in [-0.15, -0.1) is 17.7 Å². The number of pyridine rings is 1. The van der Waals surface area contributed by atoms with E-state index in [4.69, 9.17) is 4.98 Å². The summed E-state index contributed by atoms with van der Waals surface area (Å²) in [6.07, 6.45) is 2.64. The largest absolute Gasteiger partial charge is 0.493 e. The van der Waals surface area contributed by atoms with E-state index in [1.807, 2.05) is 6.20 Å². The fourth-order valence-electron chi connectivity index (χ4n) is 6.87. The fraction of sp³-hybridized carbons (Fsp3) is 0.200. The van der Waals surface area contributed by atoms with Gasteiger partial charge in [-0.2, -0.15) is 53.6 Å². The van der Waals surface area contributed by atoms with Crippen LogP contribution in [0.1, 0.15) is 63.8 Å². The van der Waals surface area contributed by atoms with E-state index in [0.717, 1.165) is 50.7 Å². The van der Waals surface area contributed by atoms with Crippen molar-refractivity contribution < 1.29 is 21.1 Å². The molecule has 3 heterocycles. The molecule has 0 N–H and O–H groups in total. The zero-order chi connectivity index (χ0) is 33.9. The number of benzene rings is 5. The van der Waals surface area contributed by atoms with Crippen molar-refractivity contribution in [3.05, 3.63) is 163 Å². The zero-order valence-corrected chi connectivity index (χ0v) is 31.7. The molecule has 0 saturated heterocycles. The van der Waals surface area contributed by atoms with E-state index >= 15 is 0 Å². The van der Waals surface area contributed by atoms with Crippen molar-refractivity contribution in [2.45, 2.75) is 58.8 Å². The van der Waals surface area contributed by atoms with E-state index in [2.05, 4.69) is 190 Å². The first-order chi connectivity index (χ1) is 23.5. The van der Waals surface area contributed by atoms with Crippen molar-refractivity contribution in [1.29, 1.82) is 0 Å². The molecular formula is C45H41N4Pt-3. The Balaban J connectivity index is 0.00000392. The molecule has 0 bridgehead atoms. The molecule has 7 aromatic rings. The summed E-state index contributed by atoms with van der Waals surface area (Å²) < 4.78 is 2.27. The second-order valence-corrected chi connectivity index (χ2v) is 15.1. The molecule has 50 heavy (non-hydrogen) atoms. The molecule has 0 unspecified atom stereocenters. The van der Waals surface area contributed by atoms with Crippen LogP contribution in [0.4, 0.5) is 22.7 Å². The van der Waals surface area contributed by atoms with E-state index in [1.165, 1.54) is 21.9 Å². The first-order valence-electron chi connectivity index (χ1n) is 17.1. The van der Waals surface area contributed by atoms with Gasteiger partial charge in [0.05, 0.1) is 0 Å². The summed E-state index contributed by atoms with van der Waals surface area (Å²) in [7, 11) is 0. The predicted molar refractivity (Wildman–Crippen MR) is 204 cm³/mol. The summed E-state index contributed by atoms with van der Waals surface area (Å²) in [5.74, 6) is 0.918. The smallest absolute Gasteiger partial charge is 0.135 e. The maximum absolute atomic E-state index is 4.85. The Labute approximate surface area is 310 Å². The molecule has 8 rings (SSSR count). The quantitative estimate of drug-likeness (QED) is 0.162. The predicted octanol–water partition coefficient (Wildman–Crippen LogP) is 11.4. The Morgan fingerprint density at radius 2 is 1.30 bits per heavy atom. The Hall–Kier alpha value is -4.66. The van der Waals surface area contributed by atoms with Gasteiger partial charge in [0.2, 0.25) is 0 Å². The number of para-hydroxylation sites is 3. The second kappa shape index (κ2) is 12.9. The van der Waals surface area contributed by atoms with Crippen LogP contribution in [0.3, 0.4) is 0 Å². The SMILES string of the molecule is CC(C)(C)c1ccc(N2[CH-]N(c3[c-]c(Cc4[c-]c5c(cc4)c4ccccc4n5-c4cc(C(C)(C)C)ccn4)ccc3)c3ccccc32)cc1.[Pt]. The first-order valence-corrected chi connectivity index (χ1v) is 17.1. The van der Waals surface area contributed by atoms with Gasteiger partial charge < -0.3 is 14.4 Å². The maximum atomic E-state index is 4.85. The molecule has 5 aromatic carbocycles. The Kier molecular flexibility index (Phi) is 8.73. The van der Waals surface area contributed by atoms with E-state index in [0.29, 0.717) is 6.42 Å². The molecule has 2 aromatic heterocycles. The van der Waals surface area contributed by atoms with E-state index < -0.39 is 0 Å². The van der Waals surface area contributed by atoms with Crippen LogP contribution in [0.5, 0.6) is 0 Å². The van der Waals surface area contributed by atoms with Crippen molar-refractivity contribution in [1.82, 2.24) is 9.55 Å². The van der Waals surface area contributed by atoms with E-state index in [9.17, 15) is 0 Å². The Morgan fingerprint density at radius 3 is 2.04 bits per heavy atom. The van der Waals surface area contributed by atoms with Gasteiger partial charge in [-0.3, -0.25) is 0 Å². The summed E-state index contributed by atoms with van der Waals surface area (Å²) in [4.78, 5) is 9.36. The topological polar surface area (TPSA) is 24.3 Å². The summed E-state index contributed by atoms with van der Waals surface area (Å²) in [6.45, 7) is 15.7. The third-order valence-electron chi connectivity index (χ3n) is 9.61. The summed E-state index contributed by atoms with van der Waals surface area (Å²) >= 11 is 0. The molecule has 0 amide bonds. The minimum absolute atomic E-state index is 0. The van der Waals surface area contributed by atoms with Crippen LogP contribution in [0.25, 0.3) is 27.6 Å². The minimum Gasteiger partial charge on any atom is -0.493 e. The summed E-state index contributed by atoms with van der Waals surface area (Å²) in [5, 5.41) is 2.39. The molecule has 1 aliphatic heterocycles. The third kappa shape index (κ3) is 6.16. The number of rotatable bonds is 5. The molecule has 0 aliphatic carbocycles. The normalized spacial score (nSPS) is 13.2. The monoisotopic (exact) mass is 832 g/mol. The average molecular weight is 833 g/mol. The van der Waals surface area contributed by atoms with Crippen LogP contribution in [0.2, 0.25) is 0 Å². The fourth-order valence-corrected chi connectivity index (χ4v) is 6.87. The zero-order valence-electron chi connectivity index (χ0n) is 29.4. The van der Waals surface area contributed by atoms with E-state index in [-0.39, 0.29) is 31.9 Å². The minimum atomic E-state index is 0. The van der Waals surface area contributed by atoms with Crippen LogP contribution in [-0.4, -0.2) is 9.55 Å². The first kappa shape index (κ1) is 33.8. The summed E-state index contributed by atoms with van der Waals surface area (Å²) in [6, 6.07) is 48.9. The van der Waals surface area contributed by atoms with Gasteiger partial charge in [-0.1, -0.05) is 89.5 Å². The van der Waals surface area contributed by atoms with Gasteiger partial charge in [-0.25, -0.2) is 4.98 Å². The van der Waals surface area contributed by atoms with Crippen LogP contribution in [-0.2, 0) is 38.3 Å². The van der Waals surface area contributed by atoms with Gasteiger partial charge in [0.15, 0.2) is 0 Å². The molecule has 0 spiro atoms. The van der Waals surface area contributed by atoms with Gasteiger partial charge in [0, 0.05) is 49.8 Å².